The van der Waals surface area contributed by atoms with E-state index in [1.54, 1.807) is 6.07 Å². The first-order valence-electron chi connectivity index (χ1n) is 6.18. The highest BCUT2D eigenvalue weighted by atomic mass is 16.3. The van der Waals surface area contributed by atoms with Crippen molar-refractivity contribution < 1.29 is 14.3 Å². The lowest BCUT2D eigenvalue weighted by atomic mass is 9.91. The molecule has 6 heteroatoms. The first-order valence-corrected chi connectivity index (χ1v) is 6.18. The molecule has 0 radical (unpaired) electrons. The number of nitrogen functional groups attached to an aromatic ring is 1. The minimum absolute atomic E-state index is 0.107. The molecule has 1 heterocycles. The number of carbonyl (C=O) groups is 1. The van der Waals surface area contributed by atoms with Crippen LogP contribution in [0.1, 0.15) is 35.4 Å². The van der Waals surface area contributed by atoms with Crippen molar-refractivity contribution in [2.24, 2.45) is 5.84 Å². The molecule has 0 saturated heterocycles. The summed E-state index contributed by atoms with van der Waals surface area (Å²) in [5.41, 5.74) is 2.56. The molecule has 18 heavy (non-hydrogen) atoms. The first kappa shape index (κ1) is 13.1. The Balaban J connectivity index is 2.06. The lowest BCUT2D eigenvalue weighted by molar-refractivity contribution is 0.0855. The lowest BCUT2D eigenvalue weighted by Crippen LogP contribution is -2.41. The van der Waals surface area contributed by atoms with Gasteiger partial charge in [-0.1, -0.05) is 6.42 Å². The number of hydrogen-bond acceptors (Lipinski definition) is 5. The van der Waals surface area contributed by atoms with Crippen molar-refractivity contribution in [3.05, 3.63) is 23.7 Å². The summed E-state index contributed by atoms with van der Waals surface area (Å²) in [6.07, 6.45) is 4.98. The number of carbonyl (C=O) groups excluding carboxylic acids is 1. The minimum Gasteiger partial charge on any atom is -0.467 e. The molecule has 100 valence electrons. The van der Waals surface area contributed by atoms with Gasteiger partial charge in [0.25, 0.3) is 5.91 Å². The summed E-state index contributed by atoms with van der Waals surface area (Å²) in [4.78, 5) is 13.7. The van der Waals surface area contributed by atoms with Crippen molar-refractivity contribution in [2.45, 2.75) is 31.8 Å². The van der Waals surface area contributed by atoms with Crippen LogP contribution in [0.2, 0.25) is 0 Å². The zero-order valence-electron chi connectivity index (χ0n) is 10.3. The molecule has 6 nitrogen and oxygen atoms in total. The van der Waals surface area contributed by atoms with Gasteiger partial charge in [0, 0.05) is 12.6 Å². The van der Waals surface area contributed by atoms with Gasteiger partial charge in [-0.2, -0.15) is 0 Å². The molecule has 0 atom stereocenters. The molecule has 4 N–H and O–H groups in total. The predicted molar refractivity (Wildman–Crippen MR) is 65.5 cm³/mol. The second-order valence-electron chi connectivity index (χ2n) is 4.51. The Morgan fingerprint density at radius 3 is 2.94 bits per heavy atom. The summed E-state index contributed by atoms with van der Waals surface area (Å²) in [5, 5.41) is 9.09. The van der Waals surface area contributed by atoms with E-state index in [1.165, 1.54) is 12.7 Å². The number of nitrogens with two attached hydrogens (primary N) is 1. The molecule has 0 spiro atoms. The van der Waals surface area contributed by atoms with Gasteiger partial charge in [-0.05, 0) is 18.9 Å². The molecule has 0 aliphatic heterocycles. The van der Waals surface area contributed by atoms with E-state index in [-0.39, 0.29) is 12.5 Å². The summed E-state index contributed by atoms with van der Waals surface area (Å²) >= 11 is 0. The third kappa shape index (κ3) is 2.72. The van der Waals surface area contributed by atoms with E-state index >= 15 is 0 Å². The molecule has 0 unspecified atom stereocenters. The highest BCUT2D eigenvalue weighted by Crippen LogP contribution is 2.26. The van der Waals surface area contributed by atoms with Gasteiger partial charge in [0.05, 0.1) is 25.0 Å². The predicted octanol–water partition coefficient (Wildman–Crippen LogP) is 0.230. The van der Waals surface area contributed by atoms with Crippen molar-refractivity contribution in [3.63, 3.8) is 0 Å². The normalized spacial score (nSPS) is 15.7. The van der Waals surface area contributed by atoms with E-state index in [0.717, 1.165) is 12.8 Å². The molecular formula is C12H19N3O3. The van der Waals surface area contributed by atoms with Gasteiger partial charge in [-0.15, -0.1) is 0 Å². The number of nitrogens with zero attached hydrogens (tertiary/aromatic N) is 1. The van der Waals surface area contributed by atoms with E-state index in [1.807, 2.05) is 0 Å². The van der Waals surface area contributed by atoms with Crippen LogP contribution < -0.4 is 11.3 Å². The lowest BCUT2D eigenvalue weighted by Gasteiger charge is -2.36. The molecule has 1 aliphatic carbocycles. The average Bonchev–Trinajstić information content (AvgIpc) is 2.74. The van der Waals surface area contributed by atoms with Gasteiger partial charge >= 0.3 is 0 Å². The number of hydrogen-bond donors (Lipinski definition) is 3. The number of hydrazine groups is 1. The van der Waals surface area contributed by atoms with Crippen molar-refractivity contribution in [1.82, 2.24) is 10.3 Å². The quantitative estimate of drug-likeness (QED) is 0.383. The highest BCUT2D eigenvalue weighted by molar-refractivity contribution is 5.94. The van der Waals surface area contributed by atoms with Gasteiger partial charge in [0.15, 0.2) is 0 Å². The van der Waals surface area contributed by atoms with Crippen LogP contribution in [0, 0.1) is 0 Å². The number of aliphatic hydroxyl groups is 1. The minimum atomic E-state index is -0.351. The number of aliphatic hydroxyl groups excluding tert-OH is 1. The zero-order valence-corrected chi connectivity index (χ0v) is 10.3. The molecule has 1 aromatic heterocycles. The Hall–Kier alpha value is -1.37. The average molecular weight is 253 g/mol. The van der Waals surface area contributed by atoms with E-state index in [9.17, 15) is 4.79 Å². The summed E-state index contributed by atoms with van der Waals surface area (Å²) in [6, 6.07) is 2.09. The Kier molecular flexibility index (Phi) is 4.35. The second-order valence-corrected chi connectivity index (χ2v) is 4.51. The molecule has 1 fully saturated rings. The van der Waals surface area contributed by atoms with Crippen molar-refractivity contribution in [1.29, 1.82) is 0 Å². The number of rotatable bonds is 6. The Bertz CT molecular complexity index is 401. The van der Waals surface area contributed by atoms with Crippen LogP contribution in [0.25, 0.3) is 0 Å². The summed E-state index contributed by atoms with van der Waals surface area (Å²) in [7, 11) is 0. The Labute approximate surface area is 106 Å². The third-order valence-electron chi connectivity index (χ3n) is 3.45. The standard InChI is InChI=1S/C12H19N3O3/c13-14-12(17)10-4-7-18-11(10)8-15(5-6-16)9-2-1-3-9/h4,7,9,16H,1-3,5-6,8,13H2,(H,14,17). The van der Waals surface area contributed by atoms with Crippen LogP contribution in [0.15, 0.2) is 16.7 Å². The molecule has 2 rings (SSSR count). The molecule has 1 amide bonds. The van der Waals surface area contributed by atoms with Crippen LogP contribution in [0.5, 0.6) is 0 Å². The molecule has 0 bridgehead atoms. The maximum atomic E-state index is 11.5. The topological polar surface area (TPSA) is 91.7 Å². The van der Waals surface area contributed by atoms with Crippen molar-refractivity contribution in [3.8, 4) is 0 Å². The van der Waals surface area contributed by atoms with Crippen LogP contribution in [-0.4, -0.2) is 35.1 Å². The number of amides is 1. The van der Waals surface area contributed by atoms with Gasteiger partial charge in [0.1, 0.15) is 5.76 Å². The summed E-state index contributed by atoms with van der Waals surface area (Å²) in [6.45, 7) is 1.23. The van der Waals surface area contributed by atoms with E-state index < -0.39 is 0 Å². The van der Waals surface area contributed by atoms with Crippen LogP contribution in [-0.2, 0) is 6.54 Å². The van der Waals surface area contributed by atoms with Gasteiger partial charge in [-0.25, -0.2) is 5.84 Å². The van der Waals surface area contributed by atoms with Gasteiger partial charge in [-0.3, -0.25) is 15.1 Å². The fourth-order valence-corrected chi connectivity index (χ4v) is 2.20. The van der Waals surface area contributed by atoms with Crippen LogP contribution in [0.3, 0.4) is 0 Å². The highest BCUT2D eigenvalue weighted by Gasteiger charge is 2.26. The van der Waals surface area contributed by atoms with E-state index in [0.29, 0.717) is 30.5 Å². The molecular weight excluding hydrogens is 234 g/mol. The largest absolute Gasteiger partial charge is 0.467 e. The third-order valence-corrected chi connectivity index (χ3v) is 3.45. The summed E-state index contributed by atoms with van der Waals surface area (Å²) < 4.78 is 5.34. The van der Waals surface area contributed by atoms with Crippen LogP contribution in [0.4, 0.5) is 0 Å². The molecule has 1 aromatic rings. The maximum Gasteiger partial charge on any atom is 0.268 e. The SMILES string of the molecule is NNC(=O)c1ccoc1CN(CCO)C1CCC1. The maximum absolute atomic E-state index is 11.5. The fourth-order valence-electron chi connectivity index (χ4n) is 2.20. The number of nitrogens with one attached hydrogen (secondary N) is 1. The zero-order chi connectivity index (χ0) is 13.0. The van der Waals surface area contributed by atoms with E-state index in [2.05, 4.69) is 10.3 Å². The number of furan rings is 1. The Morgan fingerprint density at radius 2 is 2.39 bits per heavy atom. The van der Waals surface area contributed by atoms with E-state index in [4.69, 9.17) is 15.4 Å². The summed E-state index contributed by atoms with van der Waals surface area (Å²) in [5.74, 6) is 5.37. The van der Waals surface area contributed by atoms with Crippen molar-refractivity contribution in [2.75, 3.05) is 13.2 Å². The first-order chi connectivity index (χ1) is 8.76. The molecule has 1 saturated carbocycles. The smallest absolute Gasteiger partial charge is 0.268 e. The molecule has 1 aliphatic rings. The van der Waals surface area contributed by atoms with Crippen molar-refractivity contribution >= 4 is 5.91 Å². The van der Waals surface area contributed by atoms with Gasteiger partial charge < -0.3 is 9.52 Å². The Morgan fingerprint density at radius 1 is 1.61 bits per heavy atom. The fraction of sp³-hybridized carbons (Fsp3) is 0.583. The van der Waals surface area contributed by atoms with Crippen LogP contribution >= 0.6 is 0 Å². The molecule has 0 aromatic carbocycles. The monoisotopic (exact) mass is 253 g/mol. The second kappa shape index (κ2) is 5.99. The van der Waals surface area contributed by atoms with Gasteiger partial charge in [0.2, 0.25) is 0 Å².